The Hall–Kier alpha value is -0.880. The molecule has 0 aliphatic heterocycles. The van der Waals surface area contributed by atoms with Gasteiger partial charge in [0.25, 0.3) is 0 Å². The highest BCUT2D eigenvalue weighted by Gasteiger charge is 2.36. The largest absolute Gasteiger partial charge is 0.215 e. The van der Waals surface area contributed by atoms with Crippen LogP contribution in [0.2, 0.25) is 5.02 Å². The van der Waals surface area contributed by atoms with Gasteiger partial charge in [-0.25, -0.2) is 13.1 Å². The normalized spacial score (nSPS) is 17.4. The van der Waals surface area contributed by atoms with Crippen LogP contribution in [0.3, 0.4) is 0 Å². The quantitative estimate of drug-likeness (QED) is 0.823. The maximum absolute atomic E-state index is 12.4. The minimum Gasteiger partial charge on any atom is -0.214 e. The Kier molecular flexibility index (Phi) is 5.11. The Morgan fingerprint density at radius 1 is 1.13 bits per heavy atom. The second-order valence-electron chi connectivity index (χ2n) is 6.21. The number of hydrogen-bond donors (Lipinski definition) is 1. The lowest BCUT2D eigenvalue weighted by atomic mass is 9.81. The Labute approximate surface area is 146 Å². The van der Waals surface area contributed by atoms with Crippen molar-refractivity contribution >= 4 is 33.0 Å². The third kappa shape index (κ3) is 4.15. The van der Waals surface area contributed by atoms with Crippen molar-refractivity contribution in [2.24, 2.45) is 0 Å². The van der Waals surface area contributed by atoms with Crippen molar-refractivity contribution in [1.29, 1.82) is 0 Å². The second-order valence-corrected chi connectivity index (χ2v) is 9.23. The molecule has 1 N–H and O–H groups in total. The van der Waals surface area contributed by atoms with Crippen molar-refractivity contribution in [1.82, 2.24) is 4.72 Å². The molecule has 0 saturated heterocycles. The van der Waals surface area contributed by atoms with Gasteiger partial charge in [0.1, 0.15) is 0 Å². The summed E-state index contributed by atoms with van der Waals surface area (Å²) >= 11 is 7.51. The maximum Gasteiger partial charge on any atom is 0.215 e. The summed E-state index contributed by atoms with van der Waals surface area (Å²) < 4.78 is 27.7. The van der Waals surface area contributed by atoms with Gasteiger partial charge in [-0.1, -0.05) is 36.6 Å². The van der Waals surface area contributed by atoms with Crippen LogP contribution in [0.1, 0.15) is 36.8 Å². The summed E-state index contributed by atoms with van der Waals surface area (Å²) in [4.78, 5) is 0. The van der Waals surface area contributed by atoms with E-state index in [9.17, 15) is 8.42 Å². The molecule has 3 rings (SSSR count). The molecule has 6 heteroatoms. The first-order valence-corrected chi connectivity index (χ1v) is 10.7. The highest BCUT2D eigenvalue weighted by Crippen LogP contribution is 2.41. The first-order valence-electron chi connectivity index (χ1n) is 7.74. The van der Waals surface area contributed by atoms with Crippen LogP contribution in [0.25, 0.3) is 0 Å². The molecule has 0 unspecified atom stereocenters. The first kappa shape index (κ1) is 17.0. The minimum absolute atomic E-state index is 0.0100. The van der Waals surface area contributed by atoms with Crippen molar-refractivity contribution in [2.45, 2.75) is 36.9 Å². The zero-order valence-electron chi connectivity index (χ0n) is 12.8. The third-order valence-corrected chi connectivity index (χ3v) is 6.83. The fourth-order valence-electron chi connectivity index (χ4n) is 3.28. The number of nitrogens with one attached hydrogen (secondary N) is 1. The van der Waals surface area contributed by atoms with E-state index in [1.165, 1.54) is 5.56 Å². The van der Waals surface area contributed by atoms with Gasteiger partial charge in [-0.05, 0) is 52.9 Å². The number of sulfonamides is 1. The molecule has 2 aromatic rings. The van der Waals surface area contributed by atoms with Crippen LogP contribution < -0.4 is 4.72 Å². The number of halogens is 1. The van der Waals surface area contributed by atoms with Crippen LogP contribution >= 0.6 is 22.9 Å². The Morgan fingerprint density at radius 3 is 2.43 bits per heavy atom. The molecule has 0 radical (unpaired) electrons. The second kappa shape index (κ2) is 6.93. The van der Waals surface area contributed by atoms with Crippen molar-refractivity contribution in [3.05, 3.63) is 57.2 Å². The van der Waals surface area contributed by atoms with E-state index < -0.39 is 10.0 Å². The zero-order valence-corrected chi connectivity index (χ0v) is 15.2. The summed E-state index contributed by atoms with van der Waals surface area (Å²) in [5.74, 6) is -0.0100. The lowest BCUT2D eigenvalue weighted by Crippen LogP contribution is -2.39. The van der Waals surface area contributed by atoms with Gasteiger partial charge in [0.15, 0.2) is 0 Å². The molecular weight excluding hydrogens is 350 g/mol. The summed E-state index contributed by atoms with van der Waals surface area (Å²) in [6.45, 7) is 0.486. The monoisotopic (exact) mass is 369 g/mol. The first-order chi connectivity index (χ1) is 11.0. The van der Waals surface area contributed by atoms with Crippen LogP contribution in [0, 0.1) is 0 Å². The molecule has 0 atom stereocenters. The third-order valence-electron chi connectivity index (χ3n) is 4.59. The molecule has 0 bridgehead atoms. The lowest BCUT2D eigenvalue weighted by Gasteiger charge is -2.28. The lowest BCUT2D eigenvalue weighted by molar-refractivity contribution is 0.433. The van der Waals surface area contributed by atoms with Crippen molar-refractivity contribution < 1.29 is 8.42 Å². The van der Waals surface area contributed by atoms with E-state index >= 15 is 0 Å². The number of rotatable bonds is 6. The average molecular weight is 370 g/mol. The van der Waals surface area contributed by atoms with Gasteiger partial charge in [0.05, 0.1) is 5.75 Å². The predicted molar refractivity (Wildman–Crippen MR) is 96.5 cm³/mol. The van der Waals surface area contributed by atoms with Crippen LogP contribution in [0.15, 0.2) is 41.1 Å². The molecule has 124 valence electrons. The van der Waals surface area contributed by atoms with E-state index in [4.69, 9.17) is 11.6 Å². The van der Waals surface area contributed by atoms with Gasteiger partial charge in [-0.15, -0.1) is 0 Å². The topological polar surface area (TPSA) is 46.2 Å². The molecule has 1 fully saturated rings. The van der Waals surface area contributed by atoms with Crippen LogP contribution in [0.4, 0.5) is 0 Å². The minimum atomic E-state index is -3.35. The maximum atomic E-state index is 12.4. The zero-order chi connectivity index (χ0) is 16.3. The van der Waals surface area contributed by atoms with Gasteiger partial charge >= 0.3 is 0 Å². The highest BCUT2D eigenvalue weighted by atomic mass is 35.5. The summed E-state index contributed by atoms with van der Waals surface area (Å²) in [5, 5.41) is 4.83. The molecule has 1 aromatic heterocycles. The van der Waals surface area contributed by atoms with Crippen LogP contribution in [-0.4, -0.2) is 15.0 Å². The van der Waals surface area contributed by atoms with Gasteiger partial charge in [0, 0.05) is 17.0 Å². The molecule has 0 spiro atoms. The van der Waals surface area contributed by atoms with Gasteiger partial charge in [-0.2, -0.15) is 11.3 Å². The smallest absolute Gasteiger partial charge is 0.214 e. The van der Waals surface area contributed by atoms with E-state index in [0.717, 1.165) is 31.2 Å². The standard InChI is InChI=1S/C17H20ClNO2S2/c18-16-5-3-14(4-6-16)12-23(20,21)19-13-17(8-1-2-9-17)15-7-10-22-11-15/h3-7,10-11,19H,1-2,8-9,12-13H2. The van der Waals surface area contributed by atoms with Gasteiger partial charge in [-0.3, -0.25) is 0 Å². The molecule has 1 aliphatic carbocycles. The summed E-state index contributed by atoms with van der Waals surface area (Å²) in [5.41, 5.74) is 1.99. The molecule has 3 nitrogen and oxygen atoms in total. The predicted octanol–water partition coefficient (Wildman–Crippen LogP) is 4.33. The van der Waals surface area contributed by atoms with Crippen LogP contribution in [0.5, 0.6) is 0 Å². The molecular formula is C17H20ClNO2S2. The Morgan fingerprint density at radius 2 is 1.83 bits per heavy atom. The highest BCUT2D eigenvalue weighted by molar-refractivity contribution is 7.88. The van der Waals surface area contributed by atoms with E-state index in [1.54, 1.807) is 35.6 Å². The Balaban J connectivity index is 1.69. The van der Waals surface area contributed by atoms with E-state index in [2.05, 4.69) is 21.5 Å². The van der Waals surface area contributed by atoms with Crippen molar-refractivity contribution in [3.8, 4) is 0 Å². The van der Waals surface area contributed by atoms with Crippen molar-refractivity contribution in [2.75, 3.05) is 6.54 Å². The summed E-state index contributed by atoms with van der Waals surface area (Å²) in [6, 6.07) is 9.08. The molecule has 1 heterocycles. The van der Waals surface area contributed by atoms with Gasteiger partial charge < -0.3 is 0 Å². The fourth-order valence-corrected chi connectivity index (χ4v) is 5.42. The van der Waals surface area contributed by atoms with Crippen LogP contribution in [-0.2, 0) is 21.2 Å². The number of hydrogen-bond acceptors (Lipinski definition) is 3. The number of thiophene rings is 1. The number of benzene rings is 1. The van der Waals surface area contributed by atoms with E-state index in [-0.39, 0.29) is 11.2 Å². The fraction of sp³-hybridized carbons (Fsp3) is 0.412. The SMILES string of the molecule is O=S(=O)(Cc1ccc(Cl)cc1)NCC1(c2ccsc2)CCCC1. The van der Waals surface area contributed by atoms with E-state index in [0.29, 0.717) is 11.6 Å². The van der Waals surface area contributed by atoms with E-state index in [1.807, 2.05) is 0 Å². The molecule has 1 aliphatic rings. The molecule has 1 saturated carbocycles. The summed E-state index contributed by atoms with van der Waals surface area (Å²) in [7, 11) is -3.35. The average Bonchev–Trinajstić information content (AvgIpc) is 3.19. The van der Waals surface area contributed by atoms with Crippen molar-refractivity contribution in [3.63, 3.8) is 0 Å². The molecule has 1 aromatic carbocycles. The Bertz CT molecular complexity index is 733. The molecule has 23 heavy (non-hydrogen) atoms. The molecule has 0 amide bonds. The summed E-state index contributed by atoms with van der Waals surface area (Å²) in [6.07, 6.45) is 4.42. The van der Waals surface area contributed by atoms with Gasteiger partial charge in [0.2, 0.25) is 10.0 Å².